The van der Waals surface area contributed by atoms with Crippen molar-refractivity contribution in [3.05, 3.63) is 46.5 Å². The summed E-state index contributed by atoms with van der Waals surface area (Å²) in [7, 11) is -4.31. The van der Waals surface area contributed by atoms with E-state index < -0.39 is 15.0 Å². The van der Waals surface area contributed by atoms with Crippen LogP contribution in [0.1, 0.15) is 0 Å². The van der Waals surface area contributed by atoms with Crippen molar-refractivity contribution in [1.82, 2.24) is 0 Å². The highest BCUT2D eigenvalue weighted by Gasteiger charge is 2.15. The van der Waals surface area contributed by atoms with Crippen LogP contribution >= 0.6 is 0 Å². The predicted octanol–water partition coefficient (Wildman–Crippen LogP) is 2.74. The summed E-state index contributed by atoms with van der Waals surface area (Å²) in [6.45, 7) is 0. The maximum absolute atomic E-state index is 11.1. The van der Waals surface area contributed by atoms with Crippen LogP contribution in [0.15, 0.2) is 45.7 Å². The van der Waals surface area contributed by atoms with Crippen molar-refractivity contribution in [2.45, 2.75) is 4.90 Å². The van der Waals surface area contributed by atoms with Gasteiger partial charge in [-0.05, 0) is 24.3 Å². The lowest BCUT2D eigenvalue weighted by Crippen LogP contribution is -1.96. The third-order valence-corrected chi connectivity index (χ3v) is 3.78. The van der Waals surface area contributed by atoms with E-state index in [1.54, 1.807) is 0 Å². The average molecular weight is 293 g/mol. The van der Waals surface area contributed by atoms with E-state index in [0.29, 0.717) is 16.4 Å². The van der Waals surface area contributed by atoms with Crippen molar-refractivity contribution in [2.24, 2.45) is 0 Å². The third-order valence-electron chi connectivity index (χ3n) is 2.93. The van der Waals surface area contributed by atoms with Crippen LogP contribution in [0.25, 0.3) is 21.9 Å². The van der Waals surface area contributed by atoms with Crippen molar-refractivity contribution in [2.75, 3.05) is 0 Å². The van der Waals surface area contributed by atoms with Crippen molar-refractivity contribution in [1.29, 1.82) is 0 Å². The Bertz CT molecular complexity index is 957. The molecule has 0 aliphatic rings. The number of nitro benzene ring substituents is 1. The van der Waals surface area contributed by atoms with Gasteiger partial charge in [-0.1, -0.05) is 0 Å². The number of rotatable bonds is 2. The van der Waals surface area contributed by atoms with Gasteiger partial charge in [0.25, 0.3) is 15.8 Å². The van der Waals surface area contributed by atoms with Crippen LogP contribution in [0.3, 0.4) is 0 Å². The van der Waals surface area contributed by atoms with Crippen molar-refractivity contribution in [3.63, 3.8) is 0 Å². The van der Waals surface area contributed by atoms with Gasteiger partial charge in [0, 0.05) is 16.8 Å². The average Bonchev–Trinajstić information content (AvgIpc) is 2.74. The van der Waals surface area contributed by atoms with Gasteiger partial charge in [0.05, 0.1) is 15.9 Å². The molecule has 0 aliphatic heterocycles. The first-order chi connectivity index (χ1) is 9.36. The highest BCUT2D eigenvalue weighted by molar-refractivity contribution is 7.85. The van der Waals surface area contributed by atoms with Gasteiger partial charge in [0.1, 0.15) is 11.2 Å². The fourth-order valence-corrected chi connectivity index (χ4v) is 2.53. The second-order valence-corrected chi connectivity index (χ2v) is 5.59. The topological polar surface area (TPSA) is 111 Å². The molecule has 3 aromatic rings. The molecule has 3 rings (SSSR count). The molecule has 0 atom stereocenters. The van der Waals surface area contributed by atoms with Crippen LogP contribution in [-0.4, -0.2) is 17.9 Å². The molecule has 1 aromatic heterocycles. The van der Waals surface area contributed by atoms with Gasteiger partial charge in [-0.15, -0.1) is 0 Å². The van der Waals surface area contributed by atoms with Crippen LogP contribution in [0.4, 0.5) is 5.69 Å². The largest absolute Gasteiger partial charge is 0.456 e. The van der Waals surface area contributed by atoms with E-state index in [4.69, 9.17) is 8.97 Å². The lowest BCUT2D eigenvalue weighted by molar-refractivity contribution is -0.384. The Kier molecular flexibility index (Phi) is 2.53. The van der Waals surface area contributed by atoms with Gasteiger partial charge < -0.3 is 4.42 Å². The molecule has 0 saturated heterocycles. The minimum atomic E-state index is -4.31. The molecular formula is C12H7NO6S. The SMILES string of the molecule is O=[N+]([O-])c1ccc2c(c1)oc1ccc(S(=O)(=O)O)cc12. The summed E-state index contributed by atoms with van der Waals surface area (Å²) < 4.78 is 36.7. The van der Waals surface area contributed by atoms with Gasteiger partial charge in [0.2, 0.25) is 0 Å². The van der Waals surface area contributed by atoms with E-state index >= 15 is 0 Å². The summed E-state index contributed by atoms with van der Waals surface area (Å²) in [5.74, 6) is 0. The van der Waals surface area contributed by atoms with Gasteiger partial charge in [-0.2, -0.15) is 8.42 Å². The molecule has 1 N–H and O–H groups in total. The van der Waals surface area contributed by atoms with E-state index in [2.05, 4.69) is 0 Å². The molecule has 0 amide bonds. The fraction of sp³-hybridized carbons (Fsp3) is 0. The van der Waals surface area contributed by atoms with E-state index in [1.807, 2.05) is 0 Å². The van der Waals surface area contributed by atoms with E-state index in [1.165, 1.54) is 36.4 Å². The van der Waals surface area contributed by atoms with Gasteiger partial charge in [-0.3, -0.25) is 14.7 Å². The summed E-state index contributed by atoms with van der Waals surface area (Å²) in [4.78, 5) is 9.89. The van der Waals surface area contributed by atoms with Gasteiger partial charge >= 0.3 is 0 Å². The molecule has 102 valence electrons. The molecule has 2 aromatic carbocycles. The van der Waals surface area contributed by atoms with E-state index in [9.17, 15) is 18.5 Å². The third kappa shape index (κ3) is 1.91. The van der Waals surface area contributed by atoms with Crippen LogP contribution in [0.5, 0.6) is 0 Å². The number of furan rings is 1. The fourth-order valence-electron chi connectivity index (χ4n) is 2.02. The first kappa shape index (κ1) is 12.6. The Labute approximate surface area is 112 Å². The van der Waals surface area contributed by atoms with Crippen LogP contribution in [0.2, 0.25) is 0 Å². The highest BCUT2D eigenvalue weighted by atomic mass is 32.2. The Morgan fingerprint density at radius 2 is 1.80 bits per heavy atom. The highest BCUT2D eigenvalue weighted by Crippen LogP contribution is 2.32. The molecule has 1 heterocycles. The molecule has 8 heteroatoms. The van der Waals surface area contributed by atoms with Crippen LogP contribution in [0, 0.1) is 10.1 Å². The number of non-ortho nitro benzene ring substituents is 1. The summed E-state index contributed by atoms with van der Waals surface area (Å²) in [6, 6.07) is 7.91. The molecule has 20 heavy (non-hydrogen) atoms. The second-order valence-electron chi connectivity index (χ2n) is 4.17. The number of hydrogen-bond donors (Lipinski definition) is 1. The van der Waals surface area contributed by atoms with Gasteiger partial charge in [0.15, 0.2) is 0 Å². The number of hydrogen-bond acceptors (Lipinski definition) is 5. The molecule has 0 unspecified atom stereocenters. The van der Waals surface area contributed by atoms with E-state index in [0.717, 1.165) is 0 Å². The smallest absolute Gasteiger partial charge is 0.294 e. The zero-order valence-corrected chi connectivity index (χ0v) is 10.6. The number of benzene rings is 2. The zero-order chi connectivity index (χ0) is 14.5. The van der Waals surface area contributed by atoms with Crippen molar-refractivity contribution >= 4 is 37.7 Å². The molecule has 0 fully saturated rings. The van der Waals surface area contributed by atoms with Crippen LogP contribution in [-0.2, 0) is 10.1 Å². The van der Waals surface area contributed by atoms with Crippen molar-refractivity contribution < 1.29 is 22.3 Å². The summed E-state index contributed by atoms with van der Waals surface area (Å²) >= 11 is 0. The normalized spacial score (nSPS) is 12.1. The first-order valence-corrected chi connectivity index (χ1v) is 6.88. The monoisotopic (exact) mass is 293 g/mol. The van der Waals surface area contributed by atoms with Crippen LogP contribution < -0.4 is 0 Å². The standard InChI is InChI=1S/C12H7NO6S/c14-13(15)7-1-3-9-10-6-8(20(16,17)18)2-4-11(10)19-12(9)5-7/h1-6H,(H,16,17,18). The Hall–Kier alpha value is -2.45. The molecule has 0 radical (unpaired) electrons. The Morgan fingerprint density at radius 1 is 1.05 bits per heavy atom. The molecule has 7 nitrogen and oxygen atoms in total. The maximum atomic E-state index is 11.1. The molecule has 0 spiro atoms. The Morgan fingerprint density at radius 3 is 2.45 bits per heavy atom. The molecular weight excluding hydrogens is 286 g/mol. The minimum absolute atomic E-state index is 0.119. The maximum Gasteiger partial charge on any atom is 0.294 e. The first-order valence-electron chi connectivity index (χ1n) is 5.44. The molecule has 0 saturated carbocycles. The second kappa shape index (κ2) is 4.02. The minimum Gasteiger partial charge on any atom is -0.456 e. The molecule has 0 aliphatic carbocycles. The summed E-state index contributed by atoms with van der Waals surface area (Å²) in [5.41, 5.74) is 0.543. The molecule has 0 bridgehead atoms. The quantitative estimate of drug-likeness (QED) is 0.442. The van der Waals surface area contributed by atoms with Crippen molar-refractivity contribution in [3.8, 4) is 0 Å². The number of nitro groups is 1. The Balaban J connectivity index is 2.35. The predicted molar refractivity (Wildman–Crippen MR) is 70.2 cm³/mol. The van der Waals surface area contributed by atoms with E-state index in [-0.39, 0.29) is 16.2 Å². The number of fused-ring (bicyclic) bond motifs is 3. The van der Waals surface area contributed by atoms with Gasteiger partial charge in [-0.25, -0.2) is 0 Å². The lowest BCUT2D eigenvalue weighted by Gasteiger charge is -1.96. The number of nitrogens with zero attached hydrogens (tertiary/aromatic N) is 1. The zero-order valence-electron chi connectivity index (χ0n) is 9.81. The summed E-state index contributed by atoms with van der Waals surface area (Å²) in [5, 5.41) is 11.7. The summed E-state index contributed by atoms with van der Waals surface area (Å²) in [6.07, 6.45) is 0. The lowest BCUT2D eigenvalue weighted by atomic mass is 10.1.